The van der Waals surface area contributed by atoms with Crippen molar-refractivity contribution in [2.24, 2.45) is 0 Å². The van der Waals surface area contributed by atoms with Crippen LogP contribution in [0.25, 0.3) is 0 Å². The number of carboxylic acid groups (broad SMARTS) is 1. The van der Waals surface area contributed by atoms with Crippen molar-refractivity contribution >= 4 is 5.97 Å². The van der Waals surface area contributed by atoms with Crippen LogP contribution in [0.2, 0.25) is 0 Å². The Kier molecular flexibility index (Phi) is 3.33. The molecule has 19 heavy (non-hydrogen) atoms. The molecule has 0 aliphatic heterocycles. The van der Waals surface area contributed by atoms with Crippen LogP contribution in [0, 0.1) is 6.92 Å². The normalized spacial score (nSPS) is 10.4. The highest BCUT2D eigenvalue weighted by Gasteiger charge is 2.07. The summed E-state index contributed by atoms with van der Waals surface area (Å²) in [7, 11) is 0. The molecule has 0 radical (unpaired) electrons. The van der Waals surface area contributed by atoms with Crippen molar-refractivity contribution in [3.05, 3.63) is 67.7 Å². The summed E-state index contributed by atoms with van der Waals surface area (Å²) in [5.41, 5.74) is 1.03. The number of hydrogen-bond acceptors (Lipinski definition) is 3. The maximum atomic E-state index is 11.6. The minimum atomic E-state index is -1.00. The lowest BCUT2D eigenvalue weighted by atomic mass is 10.1. The molecule has 2 rings (SSSR count). The molecule has 2 aromatic rings. The smallest absolute Gasteiger partial charge is 0.335 e. The van der Waals surface area contributed by atoms with Crippen LogP contribution in [0.3, 0.4) is 0 Å². The second-order valence-electron chi connectivity index (χ2n) is 4.18. The van der Waals surface area contributed by atoms with E-state index in [1.165, 1.54) is 28.9 Å². The molecule has 0 amide bonds. The van der Waals surface area contributed by atoms with Gasteiger partial charge >= 0.3 is 5.97 Å². The molecule has 0 aliphatic rings. The van der Waals surface area contributed by atoms with Crippen molar-refractivity contribution in [2.75, 3.05) is 0 Å². The molecule has 0 bridgehead atoms. The molecule has 0 aliphatic carbocycles. The third-order valence-corrected chi connectivity index (χ3v) is 2.81. The quantitative estimate of drug-likeness (QED) is 0.844. The molecule has 0 saturated carbocycles. The van der Waals surface area contributed by atoms with Gasteiger partial charge in [-0.1, -0.05) is 6.07 Å². The number of aryl methyl sites for hydroxylation is 1. The highest BCUT2D eigenvalue weighted by atomic mass is 16.4. The highest BCUT2D eigenvalue weighted by Crippen LogP contribution is 2.11. The van der Waals surface area contributed by atoms with Crippen molar-refractivity contribution < 1.29 is 9.90 Å². The molecule has 0 saturated heterocycles. The topological polar surface area (TPSA) is 92.2 Å². The summed E-state index contributed by atoms with van der Waals surface area (Å²) in [6, 6.07) is 7.00. The third kappa shape index (κ3) is 2.79. The van der Waals surface area contributed by atoms with Crippen LogP contribution in [-0.2, 0) is 6.54 Å². The van der Waals surface area contributed by atoms with Crippen LogP contribution in [0.1, 0.15) is 21.5 Å². The fourth-order valence-corrected chi connectivity index (χ4v) is 1.76. The molecule has 1 aromatic heterocycles. The summed E-state index contributed by atoms with van der Waals surface area (Å²) in [6.07, 6.45) is 0. The fraction of sp³-hybridized carbons (Fsp3) is 0.154. The number of hydrogen-bond donors (Lipinski definition) is 2. The summed E-state index contributed by atoms with van der Waals surface area (Å²) in [5, 5.41) is 11.3. The Labute approximate surface area is 107 Å². The molecule has 1 aromatic carbocycles. The highest BCUT2D eigenvalue weighted by molar-refractivity contribution is 5.87. The Hall–Kier alpha value is -2.63. The number of nitrogens with zero attached hydrogens (tertiary/aromatic N) is 1. The molecule has 6 heteroatoms. The van der Waals surface area contributed by atoms with E-state index in [0.29, 0.717) is 0 Å². The Morgan fingerprint density at radius 3 is 2.63 bits per heavy atom. The van der Waals surface area contributed by atoms with E-state index in [-0.39, 0.29) is 23.2 Å². The number of carbonyl (C=O) groups is 1. The monoisotopic (exact) mass is 260 g/mol. The molecule has 0 spiro atoms. The lowest BCUT2D eigenvalue weighted by Crippen LogP contribution is -2.28. The number of carboxylic acids is 1. The van der Waals surface area contributed by atoms with Gasteiger partial charge in [0.05, 0.1) is 12.1 Å². The van der Waals surface area contributed by atoms with E-state index in [4.69, 9.17) is 5.11 Å². The van der Waals surface area contributed by atoms with Crippen LogP contribution in [0.4, 0.5) is 0 Å². The van der Waals surface area contributed by atoms with Crippen molar-refractivity contribution in [1.82, 2.24) is 9.78 Å². The first-order valence-corrected chi connectivity index (χ1v) is 5.60. The summed E-state index contributed by atoms with van der Waals surface area (Å²) < 4.78 is 1.19. The summed E-state index contributed by atoms with van der Waals surface area (Å²) in [4.78, 5) is 33.5. The second kappa shape index (κ2) is 4.93. The van der Waals surface area contributed by atoms with E-state index in [9.17, 15) is 14.4 Å². The van der Waals surface area contributed by atoms with Gasteiger partial charge in [0.15, 0.2) is 0 Å². The molecule has 0 unspecified atom stereocenters. The standard InChI is InChI=1S/C13H12N2O4/c1-8-6-9(13(18)19)2-3-10(8)7-15-12(17)5-4-11(16)14-15/h2-6H,7H2,1H3,(H,14,16)(H,18,19). The third-order valence-electron chi connectivity index (χ3n) is 2.81. The van der Waals surface area contributed by atoms with E-state index in [2.05, 4.69) is 5.10 Å². The van der Waals surface area contributed by atoms with Gasteiger partial charge in [0.2, 0.25) is 0 Å². The molecule has 1 heterocycles. The Morgan fingerprint density at radius 1 is 1.26 bits per heavy atom. The Balaban J connectivity index is 2.39. The van der Waals surface area contributed by atoms with Gasteiger partial charge in [0.1, 0.15) is 0 Å². The number of aromatic amines is 1. The van der Waals surface area contributed by atoms with Crippen molar-refractivity contribution in [3.8, 4) is 0 Å². The minimum absolute atomic E-state index is 0.190. The molecule has 0 atom stereocenters. The lowest BCUT2D eigenvalue weighted by molar-refractivity contribution is 0.0697. The van der Waals surface area contributed by atoms with Gasteiger partial charge in [-0.3, -0.25) is 14.7 Å². The molecular weight excluding hydrogens is 248 g/mol. The maximum absolute atomic E-state index is 11.6. The van der Waals surface area contributed by atoms with Gasteiger partial charge in [-0.15, -0.1) is 0 Å². The minimum Gasteiger partial charge on any atom is -0.478 e. The predicted octanol–water partition coefficient (Wildman–Crippen LogP) is 0.592. The lowest BCUT2D eigenvalue weighted by Gasteiger charge is -2.08. The van der Waals surface area contributed by atoms with Gasteiger partial charge in [0, 0.05) is 12.1 Å². The van der Waals surface area contributed by atoms with E-state index in [1.54, 1.807) is 13.0 Å². The zero-order valence-corrected chi connectivity index (χ0v) is 10.2. The van der Waals surface area contributed by atoms with Gasteiger partial charge in [-0.25, -0.2) is 9.48 Å². The first-order valence-electron chi connectivity index (χ1n) is 5.60. The average Bonchev–Trinajstić information content (AvgIpc) is 2.36. The van der Waals surface area contributed by atoms with E-state index >= 15 is 0 Å². The number of nitrogens with one attached hydrogen (secondary N) is 1. The van der Waals surface area contributed by atoms with Gasteiger partial charge in [-0.2, -0.15) is 0 Å². The Morgan fingerprint density at radius 2 is 2.00 bits per heavy atom. The molecule has 0 fully saturated rings. The molecule has 2 N–H and O–H groups in total. The molecule has 98 valence electrons. The zero-order chi connectivity index (χ0) is 14.0. The number of aromatic nitrogens is 2. The van der Waals surface area contributed by atoms with Crippen LogP contribution in [-0.4, -0.2) is 20.9 Å². The van der Waals surface area contributed by atoms with Crippen molar-refractivity contribution in [3.63, 3.8) is 0 Å². The second-order valence-corrected chi connectivity index (χ2v) is 4.18. The first-order chi connectivity index (χ1) is 8.97. The summed E-state index contributed by atoms with van der Waals surface area (Å²) in [5.74, 6) is -1.00. The molecule has 6 nitrogen and oxygen atoms in total. The average molecular weight is 260 g/mol. The van der Waals surface area contributed by atoms with Gasteiger partial charge in [-0.05, 0) is 30.2 Å². The summed E-state index contributed by atoms with van der Waals surface area (Å²) in [6.45, 7) is 1.95. The van der Waals surface area contributed by atoms with Crippen LogP contribution < -0.4 is 11.1 Å². The van der Waals surface area contributed by atoms with E-state index in [1.807, 2.05) is 0 Å². The number of benzene rings is 1. The molecular formula is C13H12N2O4. The van der Waals surface area contributed by atoms with E-state index < -0.39 is 5.97 Å². The van der Waals surface area contributed by atoms with Crippen LogP contribution in [0.15, 0.2) is 39.9 Å². The van der Waals surface area contributed by atoms with Gasteiger partial charge < -0.3 is 5.11 Å². The van der Waals surface area contributed by atoms with Crippen LogP contribution in [0.5, 0.6) is 0 Å². The van der Waals surface area contributed by atoms with Crippen LogP contribution >= 0.6 is 0 Å². The number of H-pyrrole nitrogens is 1. The Bertz CT molecular complexity index is 743. The zero-order valence-electron chi connectivity index (χ0n) is 10.2. The number of rotatable bonds is 3. The first kappa shape index (κ1) is 12.8. The number of aromatic carboxylic acids is 1. The maximum Gasteiger partial charge on any atom is 0.335 e. The van der Waals surface area contributed by atoms with E-state index in [0.717, 1.165) is 11.1 Å². The SMILES string of the molecule is Cc1cc(C(=O)O)ccc1Cn1[nH]c(=O)ccc1=O. The fourth-order valence-electron chi connectivity index (χ4n) is 1.76. The van der Waals surface area contributed by atoms with Crippen molar-refractivity contribution in [1.29, 1.82) is 0 Å². The summed E-state index contributed by atoms with van der Waals surface area (Å²) >= 11 is 0. The van der Waals surface area contributed by atoms with Gasteiger partial charge in [0.25, 0.3) is 11.1 Å². The largest absolute Gasteiger partial charge is 0.478 e. The van der Waals surface area contributed by atoms with Crippen molar-refractivity contribution in [2.45, 2.75) is 13.5 Å². The predicted molar refractivity (Wildman–Crippen MR) is 68.6 cm³/mol.